The summed E-state index contributed by atoms with van der Waals surface area (Å²) in [6.07, 6.45) is 3.35. The highest BCUT2D eigenvalue weighted by Crippen LogP contribution is 2.38. The van der Waals surface area contributed by atoms with Crippen LogP contribution in [0.4, 0.5) is 22.9 Å². The van der Waals surface area contributed by atoms with Crippen molar-refractivity contribution < 1.29 is 9.90 Å². The lowest BCUT2D eigenvalue weighted by atomic mass is 9.87. The number of carbonyl (C=O) groups excluding carboxylic acids is 1. The van der Waals surface area contributed by atoms with Crippen LogP contribution in [0.2, 0.25) is 0 Å². The van der Waals surface area contributed by atoms with Crippen molar-refractivity contribution in [2.75, 3.05) is 22.5 Å². The van der Waals surface area contributed by atoms with Crippen molar-refractivity contribution in [3.8, 4) is 5.88 Å². The molecular weight excluding hydrogens is 390 g/mol. The second kappa shape index (κ2) is 7.05. The highest BCUT2D eigenvalue weighted by molar-refractivity contribution is 6.09. The number of H-pyrrole nitrogens is 1. The van der Waals surface area contributed by atoms with Crippen molar-refractivity contribution >= 4 is 39.6 Å². The number of hydrogen-bond donors (Lipinski definition) is 5. The molecule has 0 fully saturated rings. The summed E-state index contributed by atoms with van der Waals surface area (Å²) in [5, 5.41) is 21.1. The van der Waals surface area contributed by atoms with E-state index in [2.05, 4.69) is 45.8 Å². The highest BCUT2D eigenvalue weighted by Gasteiger charge is 2.29. The van der Waals surface area contributed by atoms with E-state index in [1.165, 1.54) is 5.56 Å². The normalized spacial score (nSPS) is 14.1. The van der Waals surface area contributed by atoms with Crippen molar-refractivity contribution in [1.82, 2.24) is 9.97 Å². The summed E-state index contributed by atoms with van der Waals surface area (Å²) >= 11 is 0. The number of rotatable bonds is 4. The predicted molar refractivity (Wildman–Crippen MR) is 123 cm³/mol. The lowest BCUT2D eigenvalue weighted by Crippen LogP contribution is -2.18. The van der Waals surface area contributed by atoms with E-state index >= 15 is 0 Å². The number of anilines is 4. The van der Waals surface area contributed by atoms with Gasteiger partial charge in [-0.05, 0) is 42.0 Å². The van der Waals surface area contributed by atoms with Crippen molar-refractivity contribution in [3.05, 3.63) is 72.1 Å². The number of amides is 1. The van der Waals surface area contributed by atoms with Crippen molar-refractivity contribution in [2.24, 2.45) is 0 Å². The van der Waals surface area contributed by atoms with E-state index in [9.17, 15) is 9.90 Å². The third-order valence-electron chi connectivity index (χ3n) is 5.75. The molecule has 4 aromatic rings. The van der Waals surface area contributed by atoms with Gasteiger partial charge in [-0.1, -0.05) is 26.0 Å². The number of aromatic hydroxyl groups is 1. The number of fused-ring (bicyclic) bond motifs is 2. The average Bonchev–Trinajstić information content (AvgIpc) is 3.28. The third-order valence-corrected chi connectivity index (χ3v) is 5.75. The van der Waals surface area contributed by atoms with Crippen LogP contribution >= 0.6 is 0 Å². The Bertz CT molecular complexity index is 1310. The van der Waals surface area contributed by atoms with Crippen LogP contribution in [0.3, 0.4) is 0 Å². The molecule has 156 valence electrons. The van der Waals surface area contributed by atoms with Gasteiger partial charge in [0.1, 0.15) is 5.82 Å². The monoisotopic (exact) mass is 413 g/mol. The molecule has 0 bridgehead atoms. The standard InChI is InChI=1S/C24H23N5O2/c1-24(2)13-27-20-11-14(8-9-18(20)24)28-23(31)16-6-4-10-25-21(16)29-19-7-3-5-15-17(19)12-26-22(15)30/h3-12,26-27,30H,13H2,1-2H3,(H,25,29)(H,28,31). The molecule has 0 saturated carbocycles. The second-order valence-corrected chi connectivity index (χ2v) is 8.38. The molecule has 2 aromatic carbocycles. The van der Waals surface area contributed by atoms with Gasteiger partial charge in [-0.25, -0.2) is 4.98 Å². The Morgan fingerprint density at radius 2 is 2.00 bits per heavy atom. The predicted octanol–water partition coefficient (Wildman–Crippen LogP) is 4.97. The van der Waals surface area contributed by atoms with Gasteiger partial charge in [0.2, 0.25) is 0 Å². The summed E-state index contributed by atoms with van der Waals surface area (Å²) in [5.41, 5.74) is 4.26. The van der Waals surface area contributed by atoms with Gasteiger partial charge in [0.15, 0.2) is 5.88 Å². The lowest BCUT2D eigenvalue weighted by molar-refractivity contribution is 0.102. The minimum absolute atomic E-state index is 0.0754. The molecule has 1 aliphatic heterocycles. The number of carbonyl (C=O) groups is 1. The molecule has 5 N–H and O–H groups in total. The maximum absolute atomic E-state index is 13.1. The van der Waals surface area contributed by atoms with Crippen molar-refractivity contribution in [1.29, 1.82) is 0 Å². The zero-order valence-electron chi connectivity index (χ0n) is 17.3. The SMILES string of the molecule is CC1(C)CNc2cc(NC(=O)c3cccnc3Nc3cccc4c(O)[nH]cc34)ccc21. The zero-order valence-corrected chi connectivity index (χ0v) is 17.3. The van der Waals surface area contributed by atoms with Gasteiger partial charge >= 0.3 is 0 Å². The van der Waals surface area contributed by atoms with Crippen LogP contribution < -0.4 is 16.0 Å². The molecule has 7 heteroatoms. The van der Waals surface area contributed by atoms with Crippen LogP contribution in [0.15, 0.2) is 60.9 Å². The van der Waals surface area contributed by atoms with Gasteiger partial charge in [0.25, 0.3) is 5.91 Å². The Morgan fingerprint density at radius 3 is 2.87 bits per heavy atom. The van der Waals surface area contributed by atoms with Crippen molar-refractivity contribution in [3.63, 3.8) is 0 Å². The smallest absolute Gasteiger partial charge is 0.259 e. The van der Waals surface area contributed by atoms with Gasteiger partial charge in [-0.15, -0.1) is 0 Å². The molecule has 31 heavy (non-hydrogen) atoms. The van der Waals surface area contributed by atoms with E-state index in [-0.39, 0.29) is 17.2 Å². The van der Waals surface area contributed by atoms with Gasteiger partial charge in [0, 0.05) is 52.2 Å². The first-order chi connectivity index (χ1) is 14.9. The van der Waals surface area contributed by atoms with Gasteiger partial charge < -0.3 is 26.0 Å². The Kier molecular flexibility index (Phi) is 4.32. The minimum Gasteiger partial charge on any atom is -0.494 e. The number of aromatic nitrogens is 2. The van der Waals surface area contributed by atoms with E-state index in [0.29, 0.717) is 16.8 Å². The summed E-state index contributed by atoms with van der Waals surface area (Å²) in [7, 11) is 0. The van der Waals surface area contributed by atoms with E-state index < -0.39 is 0 Å². The topological polar surface area (TPSA) is 102 Å². The lowest BCUT2D eigenvalue weighted by Gasteiger charge is -2.17. The summed E-state index contributed by atoms with van der Waals surface area (Å²) < 4.78 is 0. The van der Waals surface area contributed by atoms with Crippen LogP contribution in [0, 0.1) is 0 Å². The molecule has 0 atom stereocenters. The molecule has 1 aliphatic rings. The molecule has 0 unspecified atom stereocenters. The molecule has 7 nitrogen and oxygen atoms in total. The summed E-state index contributed by atoms with van der Waals surface area (Å²) in [5.74, 6) is 0.288. The number of nitrogens with zero attached hydrogens (tertiary/aromatic N) is 1. The van der Waals surface area contributed by atoms with E-state index in [4.69, 9.17) is 0 Å². The fraction of sp³-hybridized carbons (Fsp3) is 0.167. The van der Waals surface area contributed by atoms with Crippen LogP contribution in [-0.4, -0.2) is 27.5 Å². The number of hydrogen-bond acceptors (Lipinski definition) is 5. The molecule has 0 saturated heterocycles. The fourth-order valence-electron chi connectivity index (χ4n) is 4.04. The molecule has 2 aromatic heterocycles. The van der Waals surface area contributed by atoms with Crippen molar-refractivity contribution in [2.45, 2.75) is 19.3 Å². The minimum atomic E-state index is -0.253. The van der Waals surface area contributed by atoms with Gasteiger partial charge in [-0.3, -0.25) is 4.79 Å². The molecule has 0 radical (unpaired) electrons. The first-order valence-electron chi connectivity index (χ1n) is 10.1. The zero-order chi connectivity index (χ0) is 21.6. The quantitative estimate of drug-likeness (QED) is 0.325. The summed E-state index contributed by atoms with van der Waals surface area (Å²) in [6.45, 7) is 5.27. The summed E-state index contributed by atoms with van der Waals surface area (Å²) in [4.78, 5) is 20.2. The van der Waals surface area contributed by atoms with Gasteiger partial charge in [0.05, 0.1) is 5.56 Å². The maximum atomic E-state index is 13.1. The number of aromatic amines is 1. The van der Waals surface area contributed by atoms with Crippen LogP contribution in [0.1, 0.15) is 29.8 Å². The first kappa shape index (κ1) is 19.0. The Morgan fingerprint density at radius 1 is 1.13 bits per heavy atom. The van der Waals surface area contributed by atoms with Gasteiger partial charge in [-0.2, -0.15) is 0 Å². The number of pyridine rings is 1. The molecule has 3 heterocycles. The van der Waals surface area contributed by atoms with Crippen LogP contribution in [0.25, 0.3) is 10.8 Å². The molecular formula is C24H23N5O2. The molecule has 5 rings (SSSR count). The molecule has 0 spiro atoms. The average molecular weight is 413 g/mol. The van der Waals surface area contributed by atoms with E-state index in [0.717, 1.165) is 29.0 Å². The number of benzene rings is 2. The fourth-order valence-corrected chi connectivity index (χ4v) is 4.04. The summed E-state index contributed by atoms with van der Waals surface area (Å²) in [6, 6.07) is 14.9. The van der Waals surface area contributed by atoms with E-state index in [1.54, 1.807) is 24.5 Å². The highest BCUT2D eigenvalue weighted by atomic mass is 16.3. The second-order valence-electron chi connectivity index (χ2n) is 8.38. The largest absolute Gasteiger partial charge is 0.494 e. The first-order valence-corrected chi connectivity index (χ1v) is 10.1. The Hall–Kier alpha value is -4.00. The van der Waals surface area contributed by atoms with E-state index in [1.807, 2.05) is 30.3 Å². The molecule has 0 aliphatic carbocycles. The number of nitrogens with one attached hydrogen (secondary N) is 4. The Balaban J connectivity index is 1.42. The molecule has 1 amide bonds. The Labute approximate surface area is 179 Å². The van der Waals surface area contributed by atoms with Crippen LogP contribution in [0.5, 0.6) is 5.88 Å². The third kappa shape index (κ3) is 3.34. The maximum Gasteiger partial charge on any atom is 0.259 e. The van der Waals surface area contributed by atoms with Crippen LogP contribution in [-0.2, 0) is 5.41 Å².